The summed E-state index contributed by atoms with van der Waals surface area (Å²) in [5, 5.41) is 11.8. The smallest absolute Gasteiger partial charge is 0.306 e. The number of carboxylic acids is 1. The van der Waals surface area contributed by atoms with Crippen LogP contribution in [0.2, 0.25) is 0 Å². The van der Waals surface area contributed by atoms with Gasteiger partial charge in [-0.1, -0.05) is 17.7 Å². The third-order valence-corrected chi connectivity index (χ3v) is 4.94. The summed E-state index contributed by atoms with van der Waals surface area (Å²) < 4.78 is 5.45. The Balaban J connectivity index is 1.49. The van der Waals surface area contributed by atoms with Crippen molar-refractivity contribution in [2.24, 2.45) is 5.92 Å². The number of amides is 2. The fourth-order valence-electron chi connectivity index (χ4n) is 3.19. The molecule has 2 aromatic rings. The van der Waals surface area contributed by atoms with Gasteiger partial charge in [0.2, 0.25) is 0 Å². The third kappa shape index (κ3) is 5.57. The topological polar surface area (TPSA) is 95.9 Å². The number of carbonyl (C=O) groups excluding carboxylic acids is 2. The fraction of sp³-hybridized carbons (Fsp3) is 0.318. The number of aliphatic carboxylic acids is 1. The van der Waals surface area contributed by atoms with Gasteiger partial charge in [-0.15, -0.1) is 0 Å². The molecule has 7 nitrogen and oxygen atoms in total. The van der Waals surface area contributed by atoms with Crippen molar-refractivity contribution < 1.29 is 24.2 Å². The van der Waals surface area contributed by atoms with Gasteiger partial charge in [0.15, 0.2) is 6.61 Å². The Labute approximate surface area is 169 Å². The number of carbonyl (C=O) groups is 3. The van der Waals surface area contributed by atoms with E-state index < -0.39 is 5.97 Å². The predicted molar refractivity (Wildman–Crippen MR) is 108 cm³/mol. The van der Waals surface area contributed by atoms with Gasteiger partial charge >= 0.3 is 5.97 Å². The maximum atomic E-state index is 12.6. The first kappa shape index (κ1) is 20.4. The van der Waals surface area contributed by atoms with Crippen LogP contribution in [0, 0.1) is 12.8 Å². The highest BCUT2D eigenvalue weighted by Gasteiger charge is 2.27. The molecule has 29 heavy (non-hydrogen) atoms. The van der Waals surface area contributed by atoms with E-state index in [2.05, 4.69) is 5.32 Å². The summed E-state index contributed by atoms with van der Waals surface area (Å²) in [6.07, 6.45) is 0.937. The minimum atomic E-state index is -0.802. The zero-order valence-corrected chi connectivity index (χ0v) is 16.3. The summed E-state index contributed by atoms with van der Waals surface area (Å²) in [4.78, 5) is 37.3. The molecular weight excluding hydrogens is 372 g/mol. The van der Waals surface area contributed by atoms with E-state index >= 15 is 0 Å². The van der Waals surface area contributed by atoms with Crippen LogP contribution in [0.25, 0.3) is 0 Å². The zero-order chi connectivity index (χ0) is 20.8. The molecule has 7 heteroatoms. The summed E-state index contributed by atoms with van der Waals surface area (Å²) in [6, 6.07) is 14.1. The molecule has 0 aliphatic carbocycles. The van der Waals surface area contributed by atoms with E-state index in [4.69, 9.17) is 9.84 Å². The highest BCUT2D eigenvalue weighted by atomic mass is 16.5. The first-order chi connectivity index (χ1) is 13.9. The van der Waals surface area contributed by atoms with Crippen LogP contribution < -0.4 is 10.1 Å². The Kier molecular flexibility index (Phi) is 6.49. The highest BCUT2D eigenvalue weighted by molar-refractivity contribution is 5.96. The van der Waals surface area contributed by atoms with Crippen molar-refractivity contribution in [3.63, 3.8) is 0 Å². The highest BCUT2D eigenvalue weighted by Crippen LogP contribution is 2.20. The molecule has 3 rings (SSSR count). The molecule has 1 fully saturated rings. The van der Waals surface area contributed by atoms with Crippen LogP contribution in [0.4, 0.5) is 5.69 Å². The Morgan fingerprint density at radius 1 is 1.03 bits per heavy atom. The lowest BCUT2D eigenvalue weighted by molar-refractivity contribution is -0.143. The van der Waals surface area contributed by atoms with Crippen molar-refractivity contribution in [2.75, 3.05) is 25.0 Å². The number of nitrogens with one attached hydrogen (secondary N) is 1. The van der Waals surface area contributed by atoms with E-state index in [-0.39, 0.29) is 24.3 Å². The van der Waals surface area contributed by atoms with Crippen LogP contribution in [0.1, 0.15) is 28.8 Å². The van der Waals surface area contributed by atoms with Gasteiger partial charge in [-0.05, 0) is 56.2 Å². The maximum absolute atomic E-state index is 12.6. The molecule has 1 aliphatic rings. The number of anilines is 1. The number of nitrogens with zero attached hydrogens (tertiary/aromatic N) is 1. The van der Waals surface area contributed by atoms with E-state index in [1.54, 1.807) is 29.2 Å². The van der Waals surface area contributed by atoms with Crippen molar-refractivity contribution >= 4 is 23.5 Å². The van der Waals surface area contributed by atoms with Gasteiger partial charge in [0.25, 0.3) is 11.8 Å². The number of benzene rings is 2. The minimum absolute atomic E-state index is 0.109. The summed E-state index contributed by atoms with van der Waals surface area (Å²) in [5.41, 5.74) is 2.19. The number of aryl methyl sites for hydroxylation is 1. The third-order valence-electron chi connectivity index (χ3n) is 4.94. The molecule has 0 unspecified atom stereocenters. The van der Waals surface area contributed by atoms with Crippen LogP contribution in [-0.2, 0) is 9.59 Å². The van der Waals surface area contributed by atoms with E-state index in [0.29, 0.717) is 42.9 Å². The molecule has 2 amide bonds. The molecule has 1 saturated heterocycles. The summed E-state index contributed by atoms with van der Waals surface area (Å²) in [7, 11) is 0. The van der Waals surface area contributed by atoms with Gasteiger partial charge < -0.3 is 20.1 Å². The molecule has 2 N–H and O–H groups in total. The summed E-state index contributed by atoms with van der Waals surface area (Å²) in [5.74, 6) is -0.976. The second-order valence-electron chi connectivity index (χ2n) is 7.13. The van der Waals surface area contributed by atoms with Crippen molar-refractivity contribution in [2.45, 2.75) is 19.8 Å². The SMILES string of the molecule is Cc1ccc(OCC(=O)Nc2ccc(C(=O)N3CCC(C(=O)O)CC3)cc2)cc1. The molecular formula is C22H24N2O5. The lowest BCUT2D eigenvalue weighted by Crippen LogP contribution is -2.40. The average molecular weight is 396 g/mol. The Morgan fingerprint density at radius 3 is 2.24 bits per heavy atom. The molecule has 0 saturated carbocycles. The van der Waals surface area contributed by atoms with Gasteiger partial charge in [0.1, 0.15) is 5.75 Å². The molecule has 0 radical (unpaired) electrons. The van der Waals surface area contributed by atoms with Crippen LogP contribution in [0.15, 0.2) is 48.5 Å². The van der Waals surface area contributed by atoms with Crippen LogP contribution in [-0.4, -0.2) is 47.5 Å². The normalized spacial score (nSPS) is 14.3. The number of hydrogen-bond acceptors (Lipinski definition) is 4. The van der Waals surface area contributed by atoms with Gasteiger partial charge in [-0.3, -0.25) is 14.4 Å². The van der Waals surface area contributed by atoms with Crippen molar-refractivity contribution in [3.05, 3.63) is 59.7 Å². The molecule has 0 atom stereocenters. The number of rotatable bonds is 6. The minimum Gasteiger partial charge on any atom is -0.484 e. The molecule has 0 aromatic heterocycles. The first-order valence-electron chi connectivity index (χ1n) is 9.54. The second-order valence-corrected chi connectivity index (χ2v) is 7.13. The van der Waals surface area contributed by atoms with E-state index in [9.17, 15) is 14.4 Å². The summed E-state index contributed by atoms with van der Waals surface area (Å²) >= 11 is 0. The molecule has 152 valence electrons. The molecule has 0 spiro atoms. The maximum Gasteiger partial charge on any atom is 0.306 e. The van der Waals surface area contributed by atoms with Gasteiger partial charge in [-0.2, -0.15) is 0 Å². The lowest BCUT2D eigenvalue weighted by Gasteiger charge is -2.30. The molecule has 0 bridgehead atoms. The van der Waals surface area contributed by atoms with Crippen molar-refractivity contribution in [1.82, 2.24) is 4.90 Å². The molecule has 1 heterocycles. The number of ether oxygens (including phenoxy) is 1. The van der Waals surface area contributed by atoms with Crippen LogP contribution in [0.3, 0.4) is 0 Å². The van der Waals surface area contributed by atoms with E-state index in [1.165, 1.54) is 0 Å². The lowest BCUT2D eigenvalue weighted by atomic mass is 9.96. The standard InChI is InChI=1S/C22H24N2O5/c1-15-2-8-19(9-3-15)29-14-20(25)23-18-6-4-16(5-7-18)21(26)24-12-10-17(11-13-24)22(27)28/h2-9,17H,10-14H2,1H3,(H,23,25)(H,27,28). The quantitative estimate of drug-likeness (QED) is 0.783. The van der Waals surface area contributed by atoms with Gasteiger partial charge in [0.05, 0.1) is 5.92 Å². The Bertz CT molecular complexity index is 869. The number of likely N-dealkylation sites (tertiary alicyclic amines) is 1. The monoisotopic (exact) mass is 396 g/mol. The van der Waals surface area contributed by atoms with Crippen molar-refractivity contribution in [1.29, 1.82) is 0 Å². The number of piperidine rings is 1. The van der Waals surface area contributed by atoms with Crippen molar-refractivity contribution in [3.8, 4) is 5.75 Å². The number of carboxylic acid groups (broad SMARTS) is 1. The van der Waals surface area contributed by atoms with Crippen LogP contribution >= 0.6 is 0 Å². The van der Waals surface area contributed by atoms with Gasteiger partial charge in [-0.25, -0.2) is 0 Å². The van der Waals surface area contributed by atoms with Gasteiger partial charge in [0, 0.05) is 24.3 Å². The summed E-state index contributed by atoms with van der Waals surface area (Å²) in [6.45, 7) is 2.74. The average Bonchev–Trinajstić information content (AvgIpc) is 2.73. The second kappa shape index (κ2) is 9.23. The Morgan fingerprint density at radius 2 is 1.66 bits per heavy atom. The van der Waals surface area contributed by atoms with Crippen LogP contribution in [0.5, 0.6) is 5.75 Å². The van der Waals surface area contributed by atoms with E-state index in [0.717, 1.165) is 5.56 Å². The molecule has 1 aliphatic heterocycles. The fourth-order valence-corrected chi connectivity index (χ4v) is 3.19. The zero-order valence-electron chi connectivity index (χ0n) is 16.3. The Hall–Kier alpha value is -3.35. The first-order valence-corrected chi connectivity index (χ1v) is 9.54. The number of hydrogen-bond donors (Lipinski definition) is 2. The largest absolute Gasteiger partial charge is 0.484 e. The molecule has 2 aromatic carbocycles. The van der Waals surface area contributed by atoms with E-state index in [1.807, 2.05) is 31.2 Å². The predicted octanol–water partition coefficient (Wildman–Crippen LogP) is 2.95.